The van der Waals surface area contributed by atoms with E-state index in [2.05, 4.69) is 10.6 Å². The first kappa shape index (κ1) is 15.3. The maximum absolute atomic E-state index is 12.5. The molecule has 0 spiro atoms. The Morgan fingerprint density at radius 1 is 1.42 bits per heavy atom. The van der Waals surface area contributed by atoms with Gasteiger partial charge in [0.2, 0.25) is 0 Å². The van der Waals surface area contributed by atoms with Crippen LogP contribution in [0.3, 0.4) is 0 Å². The topological polar surface area (TPSA) is 67.1 Å². The van der Waals surface area contributed by atoms with E-state index in [0.717, 1.165) is 12.1 Å². The first-order chi connectivity index (χ1) is 8.86. The van der Waals surface area contributed by atoms with Crippen molar-refractivity contribution in [3.8, 4) is 0 Å². The van der Waals surface area contributed by atoms with Gasteiger partial charge in [-0.3, -0.25) is 0 Å². The highest BCUT2D eigenvalue weighted by Crippen LogP contribution is 2.30. The number of carbonyl (C=O) groups excluding carboxylic acids is 1. The number of hydrogen-bond donors (Lipinski definition) is 3. The molecule has 7 heteroatoms. The van der Waals surface area contributed by atoms with E-state index in [0.29, 0.717) is 6.42 Å². The van der Waals surface area contributed by atoms with E-state index >= 15 is 0 Å². The average Bonchev–Trinajstić information content (AvgIpc) is 2.35. The smallest absolute Gasteiger partial charge is 0.334 e. The highest BCUT2D eigenvalue weighted by Gasteiger charge is 2.30. The van der Waals surface area contributed by atoms with Gasteiger partial charge in [-0.25, -0.2) is 4.79 Å². The highest BCUT2D eigenvalue weighted by molar-refractivity contribution is 5.89. The standard InChI is InChI=1S/C12H16F3N3O/c1-2-9(7-16)17-11(19)18-10-5-3-4-8(6-10)12(13,14)15/h3-6,9H,2,7,16H2,1H3,(H2,17,18,19). The van der Waals surface area contributed by atoms with Crippen LogP contribution in [0, 0.1) is 0 Å². The highest BCUT2D eigenvalue weighted by atomic mass is 19.4. The zero-order chi connectivity index (χ0) is 14.5. The Hall–Kier alpha value is -1.76. The summed E-state index contributed by atoms with van der Waals surface area (Å²) < 4.78 is 37.4. The molecule has 1 rings (SSSR count). The number of urea groups is 1. The molecule has 0 saturated heterocycles. The minimum Gasteiger partial charge on any atom is -0.334 e. The number of carbonyl (C=O) groups is 1. The van der Waals surface area contributed by atoms with E-state index in [1.165, 1.54) is 12.1 Å². The number of alkyl halides is 3. The molecule has 0 aromatic heterocycles. The Labute approximate surface area is 109 Å². The number of halogens is 3. The van der Waals surface area contributed by atoms with Gasteiger partial charge in [-0.2, -0.15) is 13.2 Å². The molecule has 0 bridgehead atoms. The second-order valence-electron chi connectivity index (χ2n) is 4.02. The largest absolute Gasteiger partial charge is 0.416 e. The minimum atomic E-state index is -4.43. The van der Waals surface area contributed by atoms with Crippen LogP contribution in [0.25, 0.3) is 0 Å². The van der Waals surface area contributed by atoms with Crippen LogP contribution in [0.15, 0.2) is 24.3 Å². The monoisotopic (exact) mass is 275 g/mol. The molecule has 0 fully saturated rings. The summed E-state index contributed by atoms with van der Waals surface area (Å²) in [4.78, 5) is 11.5. The van der Waals surface area contributed by atoms with Crippen LogP contribution < -0.4 is 16.4 Å². The van der Waals surface area contributed by atoms with Crippen LogP contribution in [0.2, 0.25) is 0 Å². The third-order valence-electron chi connectivity index (χ3n) is 2.56. The van der Waals surface area contributed by atoms with Crippen molar-refractivity contribution < 1.29 is 18.0 Å². The summed E-state index contributed by atoms with van der Waals surface area (Å²) in [5.74, 6) is 0. The first-order valence-electron chi connectivity index (χ1n) is 5.81. The van der Waals surface area contributed by atoms with Crippen molar-refractivity contribution in [2.24, 2.45) is 5.73 Å². The van der Waals surface area contributed by atoms with Crippen LogP contribution in [0.1, 0.15) is 18.9 Å². The number of anilines is 1. The SMILES string of the molecule is CCC(CN)NC(=O)Nc1cccc(C(F)(F)F)c1. The number of nitrogens with one attached hydrogen (secondary N) is 2. The van der Waals surface area contributed by atoms with Gasteiger partial charge in [-0.1, -0.05) is 13.0 Å². The molecule has 1 unspecified atom stereocenters. The van der Waals surface area contributed by atoms with Gasteiger partial charge in [-0.15, -0.1) is 0 Å². The molecule has 2 amide bonds. The van der Waals surface area contributed by atoms with Crippen molar-refractivity contribution in [2.75, 3.05) is 11.9 Å². The summed E-state index contributed by atoms with van der Waals surface area (Å²) in [5, 5.41) is 4.91. The quantitative estimate of drug-likeness (QED) is 0.790. The second kappa shape index (κ2) is 6.42. The molecule has 0 aliphatic heterocycles. The zero-order valence-electron chi connectivity index (χ0n) is 10.4. The summed E-state index contributed by atoms with van der Waals surface area (Å²) in [6, 6.07) is 3.67. The van der Waals surface area contributed by atoms with E-state index in [-0.39, 0.29) is 18.3 Å². The number of benzene rings is 1. The molecule has 0 aliphatic rings. The van der Waals surface area contributed by atoms with Crippen LogP contribution in [0.5, 0.6) is 0 Å². The van der Waals surface area contributed by atoms with Crippen molar-refractivity contribution in [1.82, 2.24) is 5.32 Å². The summed E-state index contributed by atoms with van der Waals surface area (Å²) in [5.41, 5.74) is 4.69. The van der Waals surface area contributed by atoms with Gasteiger partial charge < -0.3 is 16.4 Å². The molecule has 4 N–H and O–H groups in total. The summed E-state index contributed by atoms with van der Waals surface area (Å²) in [7, 11) is 0. The third kappa shape index (κ3) is 4.78. The number of rotatable bonds is 4. The van der Waals surface area contributed by atoms with Crippen molar-refractivity contribution in [3.63, 3.8) is 0 Å². The van der Waals surface area contributed by atoms with Gasteiger partial charge in [0.05, 0.1) is 5.56 Å². The van der Waals surface area contributed by atoms with Crippen molar-refractivity contribution >= 4 is 11.7 Å². The molecule has 0 aliphatic carbocycles. The van der Waals surface area contributed by atoms with Crippen LogP contribution in [-0.4, -0.2) is 18.6 Å². The maximum Gasteiger partial charge on any atom is 0.416 e. The fourth-order valence-corrected chi connectivity index (χ4v) is 1.45. The Morgan fingerprint density at radius 2 is 2.11 bits per heavy atom. The van der Waals surface area contributed by atoms with Gasteiger partial charge in [0, 0.05) is 18.3 Å². The lowest BCUT2D eigenvalue weighted by Gasteiger charge is -2.15. The van der Waals surface area contributed by atoms with E-state index in [1.807, 2.05) is 6.92 Å². The van der Waals surface area contributed by atoms with Gasteiger partial charge in [-0.05, 0) is 24.6 Å². The summed E-state index contributed by atoms with van der Waals surface area (Å²) in [6.07, 6.45) is -3.79. The van der Waals surface area contributed by atoms with Gasteiger partial charge in [0.1, 0.15) is 0 Å². The van der Waals surface area contributed by atoms with Crippen LogP contribution in [0.4, 0.5) is 23.7 Å². The minimum absolute atomic E-state index is 0.0826. The Bertz CT molecular complexity index is 430. The molecule has 0 radical (unpaired) electrons. The van der Waals surface area contributed by atoms with Crippen LogP contribution in [-0.2, 0) is 6.18 Å². The molecule has 4 nitrogen and oxygen atoms in total. The predicted octanol–water partition coefficient (Wildman–Crippen LogP) is 2.56. The summed E-state index contributed by atoms with van der Waals surface area (Å²) in [6.45, 7) is 2.12. The fourth-order valence-electron chi connectivity index (χ4n) is 1.45. The fraction of sp³-hybridized carbons (Fsp3) is 0.417. The molecular formula is C12H16F3N3O. The normalized spacial score (nSPS) is 12.9. The number of hydrogen-bond acceptors (Lipinski definition) is 2. The number of amides is 2. The third-order valence-corrected chi connectivity index (χ3v) is 2.56. The van der Waals surface area contributed by atoms with E-state index in [4.69, 9.17) is 5.73 Å². The van der Waals surface area contributed by atoms with E-state index < -0.39 is 17.8 Å². The number of nitrogens with two attached hydrogens (primary N) is 1. The van der Waals surface area contributed by atoms with E-state index in [9.17, 15) is 18.0 Å². The average molecular weight is 275 g/mol. The van der Waals surface area contributed by atoms with Crippen molar-refractivity contribution in [2.45, 2.75) is 25.6 Å². The predicted molar refractivity (Wildman–Crippen MR) is 66.7 cm³/mol. The molecule has 19 heavy (non-hydrogen) atoms. The summed E-state index contributed by atoms with van der Waals surface area (Å²) >= 11 is 0. The molecule has 106 valence electrons. The maximum atomic E-state index is 12.5. The van der Waals surface area contributed by atoms with Crippen molar-refractivity contribution in [3.05, 3.63) is 29.8 Å². The second-order valence-corrected chi connectivity index (χ2v) is 4.02. The zero-order valence-corrected chi connectivity index (χ0v) is 10.4. The van der Waals surface area contributed by atoms with Crippen LogP contribution >= 0.6 is 0 Å². The first-order valence-corrected chi connectivity index (χ1v) is 5.81. The molecule has 0 heterocycles. The van der Waals surface area contributed by atoms with Gasteiger partial charge in [0.15, 0.2) is 0 Å². The lowest BCUT2D eigenvalue weighted by atomic mass is 10.2. The van der Waals surface area contributed by atoms with Crippen molar-refractivity contribution in [1.29, 1.82) is 0 Å². The Morgan fingerprint density at radius 3 is 2.63 bits per heavy atom. The molecular weight excluding hydrogens is 259 g/mol. The lowest BCUT2D eigenvalue weighted by Crippen LogP contribution is -2.42. The molecule has 1 atom stereocenters. The lowest BCUT2D eigenvalue weighted by molar-refractivity contribution is -0.137. The molecule has 0 saturated carbocycles. The molecule has 1 aromatic carbocycles. The van der Waals surface area contributed by atoms with Gasteiger partial charge in [0.25, 0.3) is 0 Å². The van der Waals surface area contributed by atoms with Gasteiger partial charge >= 0.3 is 12.2 Å². The van der Waals surface area contributed by atoms with E-state index in [1.54, 1.807) is 0 Å². The molecule has 1 aromatic rings. The Kier molecular flexibility index (Phi) is 5.17. The Balaban J connectivity index is 2.70.